The van der Waals surface area contributed by atoms with Gasteiger partial charge in [0.05, 0.1) is 12.6 Å². The fourth-order valence-corrected chi connectivity index (χ4v) is 3.96. The minimum absolute atomic E-state index is 0.114. The van der Waals surface area contributed by atoms with Crippen LogP contribution in [0.15, 0.2) is 17.6 Å². The Balaban J connectivity index is 1.77. The van der Waals surface area contributed by atoms with Gasteiger partial charge in [0, 0.05) is 35.1 Å². The van der Waals surface area contributed by atoms with E-state index < -0.39 is 0 Å². The highest BCUT2D eigenvalue weighted by Crippen LogP contribution is 2.23. The third kappa shape index (κ3) is 3.24. The van der Waals surface area contributed by atoms with E-state index in [-0.39, 0.29) is 11.9 Å². The van der Waals surface area contributed by atoms with E-state index in [2.05, 4.69) is 16.8 Å². The van der Waals surface area contributed by atoms with Gasteiger partial charge in [0.1, 0.15) is 0 Å². The van der Waals surface area contributed by atoms with Crippen molar-refractivity contribution in [3.63, 3.8) is 0 Å². The molecule has 1 aliphatic heterocycles. The number of nitrogens with zero attached hydrogens (tertiary/aromatic N) is 3. The van der Waals surface area contributed by atoms with E-state index in [9.17, 15) is 9.90 Å². The summed E-state index contributed by atoms with van der Waals surface area (Å²) in [6.45, 7) is 7.84. The highest BCUT2D eigenvalue weighted by atomic mass is 32.1. The number of ketones is 1. The zero-order valence-corrected chi connectivity index (χ0v) is 14.6. The topological polar surface area (TPSA) is 58.4 Å². The van der Waals surface area contributed by atoms with Crippen LogP contribution in [-0.2, 0) is 0 Å². The number of carbonyl (C=O) groups is 1. The molecule has 0 aliphatic carbocycles. The molecule has 2 aromatic heterocycles. The molecule has 0 aromatic carbocycles. The number of thiazole rings is 1. The Morgan fingerprint density at radius 3 is 2.91 bits per heavy atom. The first-order valence-electron chi connectivity index (χ1n) is 7.99. The summed E-state index contributed by atoms with van der Waals surface area (Å²) in [5.41, 5.74) is 2.72. The second-order valence-electron chi connectivity index (χ2n) is 6.43. The van der Waals surface area contributed by atoms with Gasteiger partial charge in [-0.15, -0.1) is 11.3 Å². The van der Waals surface area contributed by atoms with E-state index in [1.807, 2.05) is 29.9 Å². The summed E-state index contributed by atoms with van der Waals surface area (Å²) in [5, 5.41) is 12.8. The minimum atomic E-state index is -0.334. The lowest BCUT2D eigenvalue weighted by atomic mass is 9.95. The second-order valence-corrected chi connectivity index (χ2v) is 7.30. The number of hydrogen-bond donors (Lipinski definition) is 1. The van der Waals surface area contributed by atoms with Crippen LogP contribution in [0.25, 0.3) is 5.13 Å². The molecule has 5 nitrogen and oxygen atoms in total. The molecular weight excluding hydrogens is 310 g/mol. The maximum absolute atomic E-state index is 12.7. The van der Waals surface area contributed by atoms with E-state index in [1.165, 1.54) is 0 Å². The molecule has 124 valence electrons. The number of likely N-dealkylation sites (tertiary alicyclic amines) is 1. The second kappa shape index (κ2) is 6.55. The average molecular weight is 333 g/mol. The molecule has 6 heteroatoms. The SMILES string of the molecule is Cc1cc(C(=O)CN2CCC(C)C(O)C2)c(C)n1-c1nccs1. The predicted molar refractivity (Wildman–Crippen MR) is 91.5 cm³/mol. The summed E-state index contributed by atoms with van der Waals surface area (Å²) in [6.07, 6.45) is 2.38. The van der Waals surface area contributed by atoms with E-state index >= 15 is 0 Å². The van der Waals surface area contributed by atoms with Crippen molar-refractivity contribution in [1.29, 1.82) is 0 Å². The van der Waals surface area contributed by atoms with Crippen LogP contribution in [0.5, 0.6) is 0 Å². The maximum atomic E-state index is 12.7. The maximum Gasteiger partial charge on any atom is 0.193 e. The molecule has 0 radical (unpaired) electrons. The van der Waals surface area contributed by atoms with Crippen LogP contribution < -0.4 is 0 Å². The smallest absolute Gasteiger partial charge is 0.193 e. The summed E-state index contributed by atoms with van der Waals surface area (Å²) in [7, 11) is 0. The Morgan fingerprint density at radius 2 is 2.26 bits per heavy atom. The van der Waals surface area contributed by atoms with Gasteiger partial charge in [-0.3, -0.25) is 14.3 Å². The van der Waals surface area contributed by atoms with Crippen molar-refractivity contribution < 1.29 is 9.90 Å². The van der Waals surface area contributed by atoms with Crippen molar-refractivity contribution in [3.8, 4) is 5.13 Å². The zero-order valence-electron chi connectivity index (χ0n) is 13.8. The normalized spacial score (nSPS) is 22.4. The van der Waals surface area contributed by atoms with E-state index in [1.54, 1.807) is 17.5 Å². The molecule has 1 saturated heterocycles. The van der Waals surface area contributed by atoms with Crippen LogP contribution >= 0.6 is 11.3 Å². The Morgan fingerprint density at radius 1 is 1.48 bits per heavy atom. The van der Waals surface area contributed by atoms with E-state index in [0.717, 1.165) is 35.0 Å². The first-order valence-corrected chi connectivity index (χ1v) is 8.87. The number of rotatable bonds is 4. The molecule has 2 atom stereocenters. The fourth-order valence-electron chi connectivity index (χ4n) is 3.21. The molecule has 3 heterocycles. The summed E-state index contributed by atoms with van der Waals surface area (Å²) in [6, 6.07) is 1.95. The molecule has 0 spiro atoms. The van der Waals surface area contributed by atoms with E-state index in [4.69, 9.17) is 0 Å². The number of aromatic nitrogens is 2. The van der Waals surface area contributed by atoms with E-state index in [0.29, 0.717) is 19.0 Å². The molecule has 1 aliphatic rings. The van der Waals surface area contributed by atoms with Gasteiger partial charge >= 0.3 is 0 Å². The number of Topliss-reactive ketones (excluding diaryl/α,β-unsaturated/α-hetero) is 1. The monoisotopic (exact) mass is 333 g/mol. The third-order valence-corrected chi connectivity index (χ3v) is 5.47. The largest absolute Gasteiger partial charge is 0.392 e. The first kappa shape index (κ1) is 16.4. The predicted octanol–water partition coefficient (Wildman–Crippen LogP) is 2.44. The highest BCUT2D eigenvalue weighted by Gasteiger charge is 2.27. The van der Waals surface area contributed by atoms with Crippen LogP contribution in [0.1, 0.15) is 35.1 Å². The lowest BCUT2D eigenvalue weighted by Gasteiger charge is -2.33. The average Bonchev–Trinajstić information content (AvgIpc) is 3.11. The zero-order chi connectivity index (χ0) is 16.6. The third-order valence-electron chi connectivity index (χ3n) is 4.71. The van der Waals surface area contributed by atoms with Crippen LogP contribution in [0.3, 0.4) is 0 Å². The van der Waals surface area contributed by atoms with Crippen molar-refractivity contribution in [2.75, 3.05) is 19.6 Å². The van der Waals surface area contributed by atoms with Crippen molar-refractivity contribution in [1.82, 2.24) is 14.5 Å². The van der Waals surface area contributed by atoms with Crippen LogP contribution in [0, 0.1) is 19.8 Å². The van der Waals surface area contributed by atoms with Crippen molar-refractivity contribution in [2.45, 2.75) is 33.3 Å². The molecule has 0 saturated carbocycles. The number of carbonyl (C=O) groups excluding carboxylic acids is 1. The summed E-state index contributed by atoms with van der Waals surface area (Å²) < 4.78 is 2.03. The lowest BCUT2D eigenvalue weighted by Crippen LogP contribution is -2.44. The standard InChI is InChI=1S/C17H23N3O2S/c1-11-4-6-19(9-15(11)21)10-16(22)14-8-12(2)20(13(14)3)17-18-5-7-23-17/h5,7-8,11,15,21H,4,6,9-10H2,1-3H3. The first-order chi connectivity index (χ1) is 11.0. The number of piperidine rings is 1. The van der Waals surface area contributed by atoms with Gasteiger partial charge in [0.15, 0.2) is 10.9 Å². The van der Waals surface area contributed by atoms with Gasteiger partial charge in [-0.05, 0) is 38.8 Å². The molecule has 23 heavy (non-hydrogen) atoms. The van der Waals surface area contributed by atoms with Gasteiger partial charge in [0.25, 0.3) is 0 Å². The van der Waals surface area contributed by atoms with Crippen LogP contribution in [0.2, 0.25) is 0 Å². The van der Waals surface area contributed by atoms with Gasteiger partial charge in [0.2, 0.25) is 0 Å². The Labute approximate surface area is 140 Å². The fraction of sp³-hybridized carbons (Fsp3) is 0.529. The molecule has 1 N–H and O–H groups in total. The molecule has 2 unspecified atom stereocenters. The number of aryl methyl sites for hydroxylation is 1. The molecular formula is C17H23N3O2S. The molecule has 1 fully saturated rings. The quantitative estimate of drug-likeness (QED) is 0.873. The summed E-state index contributed by atoms with van der Waals surface area (Å²) in [5.74, 6) is 0.430. The number of aliphatic hydroxyl groups excluding tert-OH is 1. The number of β-amino-alcohol motifs (C(OH)–C–C–N with tert-alkyl or cyclic N) is 1. The number of aliphatic hydroxyl groups is 1. The van der Waals surface area contributed by atoms with Crippen molar-refractivity contribution in [3.05, 3.63) is 34.6 Å². The lowest BCUT2D eigenvalue weighted by molar-refractivity contribution is 0.0294. The minimum Gasteiger partial charge on any atom is -0.392 e. The van der Waals surface area contributed by atoms with Crippen molar-refractivity contribution in [2.24, 2.45) is 5.92 Å². The molecule has 2 aromatic rings. The highest BCUT2D eigenvalue weighted by molar-refractivity contribution is 7.12. The van der Waals surface area contributed by atoms with Gasteiger partial charge in [-0.2, -0.15) is 0 Å². The van der Waals surface area contributed by atoms with Crippen LogP contribution in [-0.4, -0.2) is 51.1 Å². The van der Waals surface area contributed by atoms with Crippen molar-refractivity contribution >= 4 is 17.1 Å². The summed E-state index contributed by atoms with van der Waals surface area (Å²) >= 11 is 1.56. The Hall–Kier alpha value is -1.50. The van der Waals surface area contributed by atoms with Gasteiger partial charge in [-0.25, -0.2) is 4.98 Å². The van der Waals surface area contributed by atoms with Gasteiger partial charge < -0.3 is 5.11 Å². The summed E-state index contributed by atoms with van der Waals surface area (Å²) in [4.78, 5) is 19.1. The number of hydrogen-bond acceptors (Lipinski definition) is 5. The molecule has 3 rings (SSSR count). The van der Waals surface area contributed by atoms with Crippen LogP contribution in [0.4, 0.5) is 0 Å². The van der Waals surface area contributed by atoms with Gasteiger partial charge in [-0.1, -0.05) is 6.92 Å². The Bertz CT molecular complexity index is 693. The Kier molecular flexibility index (Phi) is 4.66. The molecule has 0 bridgehead atoms. The molecule has 0 amide bonds.